The van der Waals surface area contributed by atoms with Gasteiger partial charge in [-0.2, -0.15) is 0 Å². The van der Waals surface area contributed by atoms with Crippen molar-refractivity contribution in [2.75, 3.05) is 11.9 Å². The Balaban J connectivity index is 1.91. The third kappa shape index (κ3) is 4.10. The average Bonchev–Trinajstić information content (AvgIpc) is 2.67. The quantitative estimate of drug-likeness (QED) is 0.640. The molecule has 0 saturated carbocycles. The summed E-state index contributed by atoms with van der Waals surface area (Å²) in [5.41, 5.74) is 8.41. The Morgan fingerprint density at radius 1 is 1.16 bits per heavy atom. The molecule has 6 nitrogen and oxygen atoms in total. The lowest BCUT2D eigenvalue weighted by Crippen LogP contribution is -2.28. The van der Waals surface area contributed by atoms with Crippen molar-refractivity contribution in [3.05, 3.63) is 55.0 Å². The maximum absolute atomic E-state index is 10.2. The lowest BCUT2D eigenvalue weighted by Gasteiger charge is -2.12. The van der Waals surface area contributed by atoms with Gasteiger partial charge < -0.3 is 16.2 Å². The van der Waals surface area contributed by atoms with Crippen LogP contribution in [-0.4, -0.2) is 32.6 Å². The van der Waals surface area contributed by atoms with E-state index in [0.29, 0.717) is 23.8 Å². The fourth-order valence-corrected chi connectivity index (χ4v) is 2.40. The van der Waals surface area contributed by atoms with Gasteiger partial charge in [-0.3, -0.25) is 4.98 Å². The van der Waals surface area contributed by atoms with Crippen molar-refractivity contribution in [1.82, 2.24) is 15.0 Å². The molecule has 4 N–H and O–H groups in total. The van der Waals surface area contributed by atoms with Crippen LogP contribution in [0.4, 0.5) is 5.82 Å². The highest BCUT2D eigenvalue weighted by Gasteiger charge is 2.11. The summed E-state index contributed by atoms with van der Waals surface area (Å²) in [7, 11) is 0. The molecule has 1 atom stereocenters. The number of phenolic OH excluding ortho intramolecular Hbond substituents is 1. The second-order valence-corrected chi connectivity index (χ2v) is 5.79. The SMILES string of the molecule is CCC(N)CNc1ccnc(-c2cc(-c3cccnc3)ccc2O)n1. The third-order valence-corrected chi connectivity index (χ3v) is 3.96. The topological polar surface area (TPSA) is 97.0 Å². The van der Waals surface area contributed by atoms with Gasteiger partial charge in [0.25, 0.3) is 0 Å². The Labute approximate surface area is 146 Å². The number of nitrogens with zero attached hydrogens (tertiary/aromatic N) is 3. The first-order chi connectivity index (χ1) is 12.2. The third-order valence-electron chi connectivity index (χ3n) is 3.96. The summed E-state index contributed by atoms with van der Waals surface area (Å²) in [4.78, 5) is 12.9. The summed E-state index contributed by atoms with van der Waals surface area (Å²) in [5, 5.41) is 13.4. The maximum atomic E-state index is 10.2. The first-order valence-corrected chi connectivity index (χ1v) is 8.23. The fourth-order valence-electron chi connectivity index (χ4n) is 2.40. The molecule has 3 rings (SSSR count). The first kappa shape index (κ1) is 16.9. The number of aromatic hydroxyl groups is 1. The van der Waals surface area contributed by atoms with Crippen LogP contribution in [0, 0.1) is 0 Å². The van der Waals surface area contributed by atoms with Gasteiger partial charge in [0, 0.05) is 36.7 Å². The minimum absolute atomic E-state index is 0.0701. The normalized spacial score (nSPS) is 11.9. The molecule has 0 amide bonds. The molecule has 1 aromatic carbocycles. The number of hydrogen-bond acceptors (Lipinski definition) is 6. The van der Waals surface area contributed by atoms with Gasteiger partial charge in [0.15, 0.2) is 5.82 Å². The molecule has 25 heavy (non-hydrogen) atoms. The van der Waals surface area contributed by atoms with Gasteiger partial charge in [0.2, 0.25) is 0 Å². The van der Waals surface area contributed by atoms with Gasteiger partial charge in [-0.15, -0.1) is 0 Å². The van der Waals surface area contributed by atoms with Crippen molar-refractivity contribution in [2.45, 2.75) is 19.4 Å². The number of anilines is 1. The molecule has 2 aromatic heterocycles. The molecule has 6 heteroatoms. The Kier molecular flexibility index (Phi) is 5.20. The van der Waals surface area contributed by atoms with Crippen LogP contribution < -0.4 is 11.1 Å². The molecular weight excluding hydrogens is 314 g/mol. The number of benzene rings is 1. The predicted octanol–water partition coefficient (Wildman–Crippen LogP) is 3.06. The van der Waals surface area contributed by atoms with Gasteiger partial charge >= 0.3 is 0 Å². The number of nitrogens with one attached hydrogen (secondary N) is 1. The van der Waals surface area contributed by atoms with E-state index in [1.165, 1.54) is 0 Å². The molecule has 2 heterocycles. The number of phenols is 1. The molecule has 0 saturated heterocycles. The molecule has 0 spiro atoms. The Morgan fingerprint density at radius 2 is 2.04 bits per heavy atom. The summed E-state index contributed by atoms with van der Waals surface area (Å²) >= 11 is 0. The van der Waals surface area contributed by atoms with Crippen molar-refractivity contribution in [2.24, 2.45) is 5.73 Å². The van der Waals surface area contributed by atoms with Gasteiger partial charge in [-0.25, -0.2) is 9.97 Å². The second-order valence-electron chi connectivity index (χ2n) is 5.79. The molecule has 0 fully saturated rings. The number of pyridine rings is 1. The van der Waals surface area contributed by atoms with Gasteiger partial charge in [-0.1, -0.05) is 19.1 Å². The van der Waals surface area contributed by atoms with Crippen LogP contribution in [-0.2, 0) is 0 Å². The summed E-state index contributed by atoms with van der Waals surface area (Å²) in [5.74, 6) is 1.27. The molecule has 0 aliphatic carbocycles. The largest absolute Gasteiger partial charge is 0.507 e. The van der Waals surface area contributed by atoms with E-state index in [4.69, 9.17) is 5.73 Å². The van der Waals surface area contributed by atoms with Crippen LogP contribution >= 0.6 is 0 Å². The lowest BCUT2D eigenvalue weighted by molar-refractivity contribution is 0.477. The van der Waals surface area contributed by atoms with Crippen molar-refractivity contribution >= 4 is 5.82 Å². The van der Waals surface area contributed by atoms with E-state index in [1.54, 1.807) is 30.7 Å². The van der Waals surface area contributed by atoms with E-state index in [2.05, 4.69) is 20.3 Å². The van der Waals surface area contributed by atoms with Crippen molar-refractivity contribution in [3.8, 4) is 28.3 Å². The smallest absolute Gasteiger partial charge is 0.165 e. The van der Waals surface area contributed by atoms with Crippen LogP contribution in [0.3, 0.4) is 0 Å². The van der Waals surface area contributed by atoms with Crippen molar-refractivity contribution in [3.63, 3.8) is 0 Å². The number of rotatable bonds is 6. The van der Waals surface area contributed by atoms with Crippen LogP contribution in [0.1, 0.15) is 13.3 Å². The molecule has 0 aliphatic rings. The average molecular weight is 335 g/mol. The summed E-state index contributed by atoms with van der Waals surface area (Å²) in [6.07, 6.45) is 6.06. The van der Waals surface area contributed by atoms with Gasteiger partial charge in [0.05, 0.1) is 5.56 Å². The van der Waals surface area contributed by atoms with E-state index in [1.807, 2.05) is 31.2 Å². The van der Waals surface area contributed by atoms with E-state index in [-0.39, 0.29) is 11.8 Å². The summed E-state index contributed by atoms with van der Waals surface area (Å²) < 4.78 is 0. The minimum atomic E-state index is 0.0701. The van der Waals surface area contributed by atoms with Crippen LogP contribution in [0.25, 0.3) is 22.5 Å². The zero-order valence-corrected chi connectivity index (χ0v) is 14.1. The molecule has 0 aliphatic heterocycles. The highest BCUT2D eigenvalue weighted by Crippen LogP contribution is 2.31. The number of nitrogens with two attached hydrogens (primary N) is 1. The fraction of sp³-hybridized carbons (Fsp3) is 0.211. The lowest BCUT2D eigenvalue weighted by atomic mass is 10.0. The van der Waals surface area contributed by atoms with E-state index >= 15 is 0 Å². The minimum Gasteiger partial charge on any atom is -0.507 e. The van der Waals surface area contributed by atoms with Crippen molar-refractivity contribution in [1.29, 1.82) is 0 Å². The standard InChI is InChI=1S/C19H21N5O/c1-2-15(20)12-23-18-7-9-22-19(24-18)16-10-13(5-6-17(16)25)14-4-3-8-21-11-14/h3-11,15,25H,2,12,20H2,1H3,(H,22,23,24). The summed E-state index contributed by atoms with van der Waals surface area (Å²) in [6, 6.07) is 11.1. The Bertz CT molecular complexity index is 838. The molecule has 0 radical (unpaired) electrons. The van der Waals surface area contributed by atoms with Crippen LogP contribution in [0.15, 0.2) is 55.0 Å². The molecule has 1 unspecified atom stereocenters. The molecule has 3 aromatic rings. The van der Waals surface area contributed by atoms with Gasteiger partial charge in [-0.05, 0) is 36.2 Å². The van der Waals surface area contributed by atoms with Crippen LogP contribution in [0.5, 0.6) is 5.75 Å². The molecular formula is C19H21N5O. The highest BCUT2D eigenvalue weighted by atomic mass is 16.3. The zero-order valence-electron chi connectivity index (χ0n) is 14.1. The van der Waals surface area contributed by atoms with E-state index < -0.39 is 0 Å². The predicted molar refractivity (Wildman–Crippen MR) is 99.1 cm³/mol. The summed E-state index contributed by atoms with van der Waals surface area (Å²) in [6.45, 7) is 2.67. The van der Waals surface area contributed by atoms with Crippen molar-refractivity contribution < 1.29 is 5.11 Å². The second kappa shape index (κ2) is 7.72. The Morgan fingerprint density at radius 3 is 2.80 bits per heavy atom. The van der Waals surface area contributed by atoms with E-state index in [9.17, 15) is 5.11 Å². The Hall–Kier alpha value is -2.99. The molecule has 128 valence electrons. The highest BCUT2D eigenvalue weighted by molar-refractivity contribution is 5.74. The number of aromatic nitrogens is 3. The van der Waals surface area contributed by atoms with E-state index in [0.717, 1.165) is 17.5 Å². The zero-order chi connectivity index (χ0) is 17.6. The van der Waals surface area contributed by atoms with Gasteiger partial charge in [0.1, 0.15) is 11.6 Å². The number of hydrogen-bond donors (Lipinski definition) is 3. The van der Waals surface area contributed by atoms with Crippen LogP contribution in [0.2, 0.25) is 0 Å². The molecule has 0 bridgehead atoms. The maximum Gasteiger partial charge on any atom is 0.165 e. The monoisotopic (exact) mass is 335 g/mol. The first-order valence-electron chi connectivity index (χ1n) is 8.23.